The fourth-order valence-electron chi connectivity index (χ4n) is 3.53. The molecule has 2 N–H and O–H groups in total. The monoisotopic (exact) mass is 423 g/mol. The Labute approximate surface area is 179 Å². The number of fused-ring (bicyclic) bond motifs is 1. The van der Waals surface area contributed by atoms with Crippen LogP contribution in [-0.4, -0.2) is 59.3 Å². The number of nitrogens with one attached hydrogen (secondary N) is 2. The fraction of sp³-hybridized carbons (Fsp3) is 0.318. The van der Waals surface area contributed by atoms with Gasteiger partial charge in [-0.05, 0) is 36.4 Å². The van der Waals surface area contributed by atoms with Gasteiger partial charge in [-0.25, -0.2) is 4.98 Å². The van der Waals surface area contributed by atoms with Gasteiger partial charge >= 0.3 is 0 Å². The van der Waals surface area contributed by atoms with Gasteiger partial charge in [0, 0.05) is 44.5 Å². The van der Waals surface area contributed by atoms with E-state index in [-0.39, 0.29) is 11.8 Å². The third-order valence-electron chi connectivity index (χ3n) is 5.02. The highest BCUT2D eigenvalue weighted by Gasteiger charge is 2.20. The average Bonchev–Trinajstić information content (AvgIpc) is 3.13. The summed E-state index contributed by atoms with van der Waals surface area (Å²) < 4.78 is 1.23. The first kappa shape index (κ1) is 20.5. The van der Waals surface area contributed by atoms with Crippen molar-refractivity contribution in [2.75, 3.05) is 43.4 Å². The number of aromatic nitrogens is 1. The number of rotatable bonds is 6. The summed E-state index contributed by atoms with van der Waals surface area (Å²) in [6, 6.07) is 15.4. The quantitative estimate of drug-likeness (QED) is 0.637. The van der Waals surface area contributed by atoms with E-state index < -0.39 is 0 Å². The molecule has 4 rings (SSSR count). The first-order chi connectivity index (χ1) is 14.5. The Hall–Kier alpha value is -2.81. The Bertz CT molecular complexity index is 992. The Morgan fingerprint density at radius 1 is 0.933 bits per heavy atom. The number of amides is 2. The summed E-state index contributed by atoms with van der Waals surface area (Å²) in [5.74, 6) is -0.143. The zero-order valence-corrected chi connectivity index (χ0v) is 17.7. The lowest BCUT2D eigenvalue weighted by atomic mass is 10.2. The van der Waals surface area contributed by atoms with Crippen LogP contribution in [0.2, 0.25) is 0 Å². The highest BCUT2D eigenvalue weighted by Crippen LogP contribution is 2.23. The molecule has 3 aromatic rings. The molecule has 2 aromatic carbocycles. The van der Waals surface area contributed by atoms with E-state index in [9.17, 15) is 9.59 Å². The molecule has 0 spiro atoms. The minimum absolute atomic E-state index is 0.0260. The summed E-state index contributed by atoms with van der Waals surface area (Å²) in [6.45, 7) is 6.28. The minimum atomic E-state index is -0.117. The van der Waals surface area contributed by atoms with Gasteiger partial charge in [-0.3, -0.25) is 19.4 Å². The van der Waals surface area contributed by atoms with Crippen molar-refractivity contribution in [2.45, 2.75) is 13.5 Å². The van der Waals surface area contributed by atoms with E-state index in [0.29, 0.717) is 12.2 Å². The molecule has 2 amide bonds. The number of para-hydroxylation sites is 1. The van der Waals surface area contributed by atoms with Gasteiger partial charge < -0.3 is 10.6 Å². The molecule has 0 saturated carbocycles. The highest BCUT2D eigenvalue weighted by atomic mass is 32.1. The lowest BCUT2D eigenvalue weighted by Gasteiger charge is -2.33. The minimum Gasteiger partial charge on any atom is -0.326 e. The molecule has 1 fully saturated rings. The van der Waals surface area contributed by atoms with Crippen molar-refractivity contribution in [3.63, 3.8) is 0 Å². The van der Waals surface area contributed by atoms with Crippen LogP contribution in [0.15, 0.2) is 48.5 Å². The normalized spacial score (nSPS) is 15.2. The lowest BCUT2D eigenvalue weighted by molar-refractivity contribution is -0.117. The molecule has 30 heavy (non-hydrogen) atoms. The van der Waals surface area contributed by atoms with Crippen molar-refractivity contribution < 1.29 is 9.59 Å². The van der Waals surface area contributed by atoms with Crippen molar-refractivity contribution >= 4 is 44.7 Å². The van der Waals surface area contributed by atoms with E-state index in [1.807, 2.05) is 12.1 Å². The Morgan fingerprint density at radius 3 is 2.23 bits per heavy atom. The van der Waals surface area contributed by atoms with Crippen LogP contribution in [0.25, 0.3) is 10.2 Å². The lowest BCUT2D eigenvalue weighted by Crippen LogP contribution is -2.48. The average molecular weight is 424 g/mol. The molecule has 0 unspecified atom stereocenters. The van der Waals surface area contributed by atoms with Gasteiger partial charge in [-0.2, -0.15) is 0 Å². The van der Waals surface area contributed by atoms with Crippen LogP contribution < -0.4 is 10.6 Å². The summed E-state index contributed by atoms with van der Waals surface area (Å²) in [7, 11) is 0. The van der Waals surface area contributed by atoms with E-state index in [1.165, 1.54) is 11.6 Å². The smallest absolute Gasteiger partial charge is 0.238 e. The number of carbonyl (C=O) groups is 2. The van der Waals surface area contributed by atoms with Gasteiger partial charge in [0.1, 0.15) is 5.01 Å². The summed E-state index contributed by atoms with van der Waals surface area (Å²) in [4.78, 5) is 32.7. The molecule has 1 aliphatic heterocycles. The summed E-state index contributed by atoms with van der Waals surface area (Å²) in [6.07, 6.45) is 0. The van der Waals surface area contributed by atoms with E-state index in [2.05, 4.69) is 32.6 Å². The second-order valence-corrected chi connectivity index (χ2v) is 8.55. The molecule has 7 nitrogen and oxygen atoms in total. The van der Waals surface area contributed by atoms with Crippen LogP contribution >= 0.6 is 11.3 Å². The summed E-state index contributed by atoms with van der Waals surface area (Å²) in [5, 5.41) is 6.78. The Kier molecular flexibility index (Phi) is 6.37. The van der Waals surface area contributed by atoms with Gasteiger partial charge in [0.15, 0.2) is 0 Å². The van der Waals surface area contributed by atoms with Crippen molar-refractivity contribution in [3.8, 4) is 0 Å². The van der Waals surface area contributed by atoms with Gasteiger partial charge in [0.25, 0.3) is 0 Å². The molecule has 0 bridgehead atoms. The largest absolute Gasteiger partial charge is 0.326 e. The van der Waals surface area contributed by atoms with Gasteiger partial charge in [0.2, 0.25) is 11.8 Å². The number of benzene rings is 2. The maximum absolute atomic E-state index is 12.4. The van der Waals surface area contributed by atoms with Crippen LogP contribution in [0.3, 0.4) is 0 Å². The number of nitrogens with zero attached hydrogens (tertiary/aromatic N) is 3. The predicted octanol–water partition coefficient (Wildman–Crippen LogP) is 3.01. The highest BCUT2D eigenvalue weighted by molar-refractivity contribution is 7.18. The number of carbonyl (C=O) groups excluding carboxylic acids is 2. The Balaban J connectivity index is 1.22. The molecule has 156 valence electrons. The molecule has 0 aliphatic carbocycles. The molecule has 0 radical (unpaired) electrons. The second kappa shape index (κ2) is 9.34. The van der Waals surface area contributed by atoms with Crippen molar-refractivity contribution in [2.24, 2.45) is 0 Å². The number of piperazine rings is 1. The maximum atomic E-state index is 12.4. The third kappa shape index (κ3) is 5.41. The number of anilines is 2. The molecule has 8 heteroatoms. The van der Waals surface area contributed by atoms with E-state index >= 15 is 0 Å². The van der Waals surface area contributed by atoms with Gasteiger partial charge in [0.05, 0.1) is 23.3 Å². The van der Waals surface area contributed by atoms with E-state index in [0.717, 1.165) is 48.9 Å². The topological polar surface area (TPSA) is 77.6 Å². The molecular weight excluding hydrogens is 398 g/mol. The van der Waals surface area contributed by atoms with E-state index in [1.54, 1.807) is 35.6 Å². The number of hydrogen-bond donors (Lipinski definition) is 2. The van der Waals surface area contributed by atoms with Gasteiger partial charge in [-0.15, -0.1) is 11.3 Å². The van der Waals surface area contributed by atoms with Crippen LogP contribution in [0.4, 0.5) is 11.4 Å². The maximum Gasteiger partial charge on any atom is 0.238 e. The van der Waals surface area contributed by atoms with Crippen molar-refractivity contribution in [1.29, 1.82) is 0 Å². The molecule has 1 aromatic heterocycles. The van der Waals surface area contributed by atoms with Crippen molar-refractivity contribution in [3.05, 3.63) is 53.5 Å². The molecule has 1 aliphatic rings. The third-order valence-corrected chi connectivity index (χ3v) is 6.04. The summed E-state index contributed by atoms with van der Waals surface area (Å²) >= 11 is 1.75. The van der Waals surface area contributed by atoms with Crippen LogP contribution in [-0.2, 0) is 16.1 Å². The number of thiazole rings is 1. The summed E-state index contributed by atoms with van der Waals surface area (Å²) in [5.41, 5.74) is 2.51. The molecular formula is C22H25N5O2S. The molecule has 1 saturated heterocycles. The zero-order chi connectivity index (χ0) is 20.9. The zero-order valence-electron chi connectivity index (χ0n) is 16.9. The van der Waals surface area contributed by atoms with E-state index in [4.69, 9.17) is 4.98 Å². The fourth-order valence-corrected chi connectivity index (χ4v) is 4.54. The standard InChI is InChI=1S/C22H25N5O2S/c1-16(28)23-17-6-8-18(9-7-17)24-21(29)14-26-10-12-27(13-11-26)15-22-25-19-4-2-3-5-20(19)30-22/h2-9H,10-15H2,1H3,(H,23,28)(H,24,29). The van der Waals surface area contributed by atoms with Crippen molar-refractivity contribution in [1.82, 2.24) is 14.8 Å². The second-order valence-electron chi connectivity index (χ2n) is 7.43. The number of hydrogen-bond acceptors (Lipinski definition) is 6. The first-order valence-corrected chi connectivity index (χ1v) is 10.8. The Morgan fingerprint density at radius 2 is 1.57 bits per heavy atom. The first-order valence-electron chi connectivity index (χ1n) is 10.0. The van der Waals surface area contributed by atoms with Crippen LogP contribution in [0.5, 0.6) is 0 Å². The molecule has 2 heterocycles. The van der Waals surface area contributed by atoms with Crippen LogP contribution in [0.1, 0.15) is 11.9 Å². The predicted molar refractivity (Wildman–Crippen MR) is 121 cm³/mol. The van der Waals surface area contributed by atoms with Crippen LogP contribution in [0, 0.1) is 0 Å². The molecule has 0 atom stereocenters. The van der Waals surface area contributed by atoms with Gasteiger partial charge in [-0.1, -0.05) is 12.1 Å². The SMILES string of the molecule is CC(=O)Nc1ccc(NC(=O)CN2CCN(Cc3nc4ccccc4s3)CC2)cc1.